The van der Waals surface area contributed by atoms with E-state index < -0.39 is 0 Å². The van der Waals surface area contributed by atoms with Crippen LogP contribution < -0.4 is 5.73 Å². The molecule has 1 aromatic rings. The summed E-state index contributed by atoms with van der Waals surface area (Å²) in [6, 6.07) is 4.53. The van der Waals surface area contributed by atoms with Crippen molar-refractivity contribution in [1.29, 1.82) is 0 Å². The van der Waals surface area contributed by atoms with Gasteiger partial charge in [0.2, 0.25) is 0 Å². The molecule has 0 aliphatic carbocycles. The normalized spacial score (nSPS) is 20.1. The van der Waals surface area contributed by atoms with Crippen LogP contribution in [0.5, 0.6) is 5.75 Å². The van der Waals surface area contributed by atoms with Crippen LogP contribution in [0.15, 0.2) is 18.2 Å². The Labute approximate surface area is 98.6 Å². The molecule has 3 N–H and O–H groups in total. The molecule has 1 aromatic carbocycles. The number of carbonyl (C=O) groups is 1. The molecule has 0 radical (unpaired) electrons. The first-order valence-electron chi connectivity index (χ1n) is 5.11. The number of hydrogen-bond donors (Lipinski definition) is 2. The van der Waals surface area contributed by atoms with Gasteiger partial charge in [0.25, 0.3) is 5.91 Å². The number of phenols is 1. The van der Waals surface area contributed by atoms with Crippen LogP contribution in [0.4, 0.5) is 0 Å². The van der Waals surface area contributed by atoms with Crippen molar-refractivity contribution in [3.8, 4) is 5.75 Å². The van der Waals surface area contributed by atoms with Gasteiger partial charge in [-0.15, -0.1) is 0 Å². The molecular formula is C11H13ClN2O2. The van der Waals surface area contributed by atoms with E-state index in [9.17, 15) is 9.90 Å². The molecule has 1 aliphatic heterocycles. The Morgan fingerprint density at radius 2 is 2.31 bits per heavy atom. The van der Waals surface area contributed by atoms with Crippen LogP contribution in [0.2, 0.25) is 5.02 Å². The molecule has 1 atom stereocenters. The number of hydrogen-bond acceptors (Lipinski definition) is 3. The van der Waals surface area contributed by atoms with Gasteiger partial charge in [0.05, 0.1) is 5.02 Å². The number of likely N-dealkylation sites (tertiary alicyclic amines) is 1. The minimum atomic E-state index is -0.0881. The van der Waals surface area contributed by atoms with Crippen molar-refractivity contribution >= 4 is 17.5 Å². The summed E-state index contributed by atoms with van der Waals surface area (Å²) in [4.78, 5) is 13.7. The van der Waals surface area contributed by atoms with E-state index in [1.54, 1.807) is 11.0 Å². The zero-order valence-electron chi connectivity index (χ0n) is 8.69. The SMILES string of the molecule is N[C@@H]1CCN(C(=O)c2ccc(O)c(Cl)c2)C1. The summed E-state index contributed by atoms with van der Waals surface area (Å²) in [6.45, 7) is 1.26. The van der Waals surface area contributed by atoms with E-state index in [1.165, 1.54) is 12.1 Å². The van der Waals surface area contributed by atoms with Crippen molar-refractivity contribution in [3.63, 3.8) is 0 Å². The second kappa shape index (κ2) is 4.31. The molecule has 2 rings (SSSR count). The zero-order chi connectivity index (χ0) is 11.7. The van der Waals surface area contributed by atoms with Gasteiger partial charge in [-0.2, -0.15) is 0 Å². The topological polar surface area (TPSA) is 66.6 Å². The lowest BCUT2D eigenvalue weighted by molar-refractivity contribution is 0.0791. The van der Waals surface area contributed by atoms with Gasteiger partial charge < -0.3 is 15.7 Å². The molecule has 0 unspecified atom stereocenters. The van der Waals surface area contributed by atoms with E-state index >= 15 is 0 Å². The third kappa shape index (κ3) is 2.13. The molecule has 16 heavy (non-hydrogen) atoms. The summed E-state index contributed by atoms with van der Waals surface area (Å²) in [6.07, 6.45) is 0.831. The fourth-order valence-electron chi connectivity index (χ4n) is 1.79. The predicted molar refractivity (Wildman–Crippen MR) is 61.6 cm³/mol. The molecule has 1 amide bonds. The molecule has 0 saturated carbocycles. The van der Waals surface area contributed by atoms with E-state index in [-0.39, 0.29) is 22.7 Å². The van der Waals surface area contributed by atoms with Crippen molar-refractivity contribution < 1.29 is 9.90 Å². The first-order valence-corrected chi connectivity index (χ1v) is 5.49. The highest BCUT2D eigenvalue weighted by molar-refractivity contribution is 6.32. The Hall–Kier alpha value is -1.26. The quantitative estimate of drug-likeness (QED) is 0.776. The van der Waals surface area contributed by atoms with Crippen LogP contribution in [-0.4, -0.2) is 35.0 Å². The molecule has 1 saturated heterocycles. The molecular weight excluding hydrogens is 228 g/mol. The summed E-state index contributed by atoms with van der Waals surface area (Å²) in [7, 11) is 0. The lowest BCUT2D eigenvalue weighted by atomic mass is 10.2. The van der Waals surface area contributed by atoms with Gasteiger partial charge >= 0.3 is 0 Å². The van der Waals surface area contributed by atoms with Gasteiger partial charge in [0.15, 0.2) is 0 Å². The Morgan fingerprint density at radius 3 is 2.88 bits per heavy atom. The zero-order valence-corrected chi connectivity index (χ0v) is 9.44. The maximum atomic E-state index is 12.0. The second-order valence-corrected chi connectivity index (χ2v) is 4.37. The van der Waals surface area contributed by atoms with Crippen LogP contribution in [0.3, 0.4) is 0 Å². The van der Waals surface area contributed by atoms with Gasteiger partial charge in [0.1, 0.15) is 5.75 Å². The van der Waals surface area contributed by atoms with Crippen LogP contribution in [0.1, 0.15) is 16.8 Å². The highest BCUT2D eigenvalue weighted by Gasteiger charge is 2.24. The maximum Gasteiger partial charge on any atom is 0.253 e. The number of phenolic OH excluding ortho intramolecular Hbond substituents is 1. The van der Waals surface area contributed by atoms with Gasteiger partial charge in [-0.3, -0.25) is 4.79 Å². The number of nitrogens with zero attached hydrogens (tertiary/aromatic N) is 1. The fraction of sp³-hybridized carbons (Fsp3) is 0.364. The molecule has 86 valence electrons. The standard InChI is InChI=1S/C11H13ClN2O2/c12-9-5-7(1-2-10(9)15)11(16)14-4-3-8(13)6-14/h1-2,5,8,15H,3-4,6,13H2/t8-/m1/s1. The smallest absolute Gasteiger partial charge is 0.253 e. The molecule has 0 aromatic heterocycles. The maximum absolute atomic E-state index is 12.0. The van der Waals surface area contributed by atoms with Crippen LogP contribution in [0, 0.1) is 0 Å². The monoisotopic (exact) mass is 240 g/mol. The second-order valence-electron chi connectivity index (χ2n) is 3.97. The highest BCUT2D eigenvalue weighted by atomic mass is 35.5. The molecule has 5 heteroatoms. The molecule has 4 nitrogen and oxygen atoms in total. The Bertz CT molecular complexity index is 422. The van der Waals surface area contributed by atoms with Crippen LogP contribution in [0.25, 0.3) is 0 Å². The molecule has 1 aliphatic rings. The van der Waals surface area contributed by atoms with Crippen molar-refractivity contribution in [2.45, 2.75) is 12.5 Å². The van der Waals surface area contributed by atoms with E-state index in [0.717, 1.165) is 6.42 Å². The van der Waals surface area contributed by atoms with Gasteiger partial charge in [-0.1, -0.05) is 11.6 Å². The van der Waals surface area contributed by atoms with Crippen molar-refractivity contribution in [1.82, 2.24) is 4.90 Å². The molecule has 0 spiro atoms. The lowest BCUT2D eigenvalue weighted by Crippen LogP contribution is -2.31. The minimum absolute atomic E-state index is 0.0173. The van der Waals surface area contributed by atoms with Crippen molar-refractivity contribution in [2.24, 2.45) is 5.73 Å². The summed E-state index contributed by atoms with van der Waals surface area (Å²) in [5.74, 6) is -0.105. The van der Waals surface area contributed by atoms with Gasteiger partial charge in [-0.25, -0.2) is 0 Å². The van der Waals surface area contributed by atoms with Crippen LogP contribution >= 0.6 is 11.6 Å². The minimum Gasteiger partial charge on any atom is -0.506 e. The van der Waals surface area contributed by atoms with E-state index in [2.05, 4.69) is 0 Å². The summed E-state index contributed by atoms with van der Waals surface area (Å²) < 4.78 is 0. The summed E-state index contributed by atoms with van der Waals surface area (Å²) >= 11 is 5.75. The number of nitrogens with two attached hydrogens (primary N) is 1. The lowest BCUT2D eigenvalue weighted by Gasteiger charge is -2.15. The Morgan fingerprint density at radius 1 is 1.56 bits per heavy atom. The van der Waals surface area contributed by atoms with Crippen molar-refractivity contribution in [3.05, 3.63) is 28.8 Å². The largest absolute Gasteiger partial charge is 0.506 e. The molecule has 0 bridgehead atoms. The number of benzene rings is 1. The predicted octanol–water partition coefficient (Wildman–Crippen LogP) is 1.22. The first-order chi connectivity index (χ1) is 7.58. The molecule has 1 fully saturated rings. The number of aromatic hydroxyl groups is 1. The molecule has 1 heterocycles. The first kappa shape index (κ1) is 11.2. The van der Waals surface area contributed by atoms with Gasteiger partial charge in [-0.05, 0) is 24.6 Å². The Balaban J connectivity index is 2.18. The number of carbonyl (C=O) groups excluding carboxylic acids is 1. The van der Waals surface area contributed by atoms with E-state index in [0.29, 0.717) is 18.7 Å². The highest BCUT2D eigenvalue weighted by Crippen LogP contribution is 2.24. The number of halogens is 1. The fourth-order valence-corrected chi connectivity index (χ4v) is 1.97. The van der Waals surface area contributed by atoms with E-state index in [1.807, 2.05) is 0 Å². The third-order valence-electron chi connectivity index (χ3n) is 2.71. The Kier molecular flexibility index (Phi) is 3.03. The summed E-state index contributed by atoms with van der Waals surface area (Å²) in [5.41, 5.74) is 6.22. The van der Waals surface area contributed by atoms with E-state index in [4.69, 9.17) is 17.3 Å². The average Bonchev–Trinajstić information content (AvgIpc) is 2.68. The number of rotatable bonds is 1. The third-order valence-corrected chi connectivity index (χ3v) is 3.01. The van der Waals surface area contributed by atoms with Crippen molar-refractivity contribution in [2.75, 3.05) is 13.1 Å². The average molecular weight is 241 g/mol. The van der Waals surface area contributed by atoms with Gasteiger partial charge in [0, 0.05) is 24.7 Å². The number of amides is 1. The summed E-state index contributed by atoms with van der Waals surface area (Å²) in [5, 5.41) is 9.45. The van der Waals surface area contributed by atoms with Crippen LogP contribution in [-0.2, 0) is 0 Å².